The molecule has 3 N–H and O–H groups in total. The molecule has 2 aromatic heterocycles. The fourth-order valence-electron chi connectivity index (χ4n) is 5.46. The van der Waals surface area contributed by atoms with Crippen molar-refractivity contribution < 1.29 is 51.7 Å². The summed E-state index contributed by atoms with van der Waals surface area (Å²) in [5, 5.41) is 17.8. The highest BCUT2D eigenvalue weighted by molar-refractivity contribution is 7.52. The predicted molar refractivity (Wildman–Crippen MR) is 194 cm³/mol. The van der Waals surface area contributed by atoms with E-state index in [0.29, 0.717) is 5.52 Å². The summed E-state index contributed by atoms with van der Waals surface area (Å²) in [4.78, 5) is 43.6. The smallest absolute Gasteiger partial charge is 0.459 e. The van der Waals surface area contributed by atoms with Crippen LogP contribution in [-0.4, -0.2) is 82.8 Å². The Bertz CT molecular complexity index is 1860. The Kier molecular flexibility index (Phi) is 13.8. The number of para-hydroxylation sites is 1. The van der Waals surface area contributed by atoms with Gasteiger partial charge in [0.25, 0.3) is 0 Å². The van der Waals surface area contributed by atoms with Crippen molar-refractivity contribution in [2.24, 2.45) is 11.8 Å². The molecule has 1 saturated heterocycles. The third kappa shape index (κ3) is 10.3. The Labute approximate surface area is 314 Å². The van der Waals surface area contributed by atoms with Gasteiger partial charge in [0.2, 0.25) is 5.60 Å². The highest BCUT2D eigenvalue weighted by Crippen LogP contribution is 2.48. The number of nitriles is 1. The number of aromatic nitrogens is 3. The van der Waals surface area contributed by atoms with E-state index in [4.69, 9.17) is 38.5 Å². The summed E-state index contributed by atoms with van der Waals surface area (Å²) in [6, 6.07) is 12.0. The van der Waals surface area contributed by atoms with E-state index in [1.54, 1.807) is 38.1 Å². The zero-order chi connectivity index (χ0) is 39.8. The quantitative estimate of drug-likeness (QED) is 0.103. The lowest BCUT2D eigenvalue weighted by Gasteiger charge is -2.29. The SMILES string of the molecule is COC(C)(C)COC(=O)[C@H](C)N[P@](=O)(OC[C@H]1O[C@@](C#N)(c2ccc3c(N)ncnn23)[C@H](OC(=O)CC(C)C)[C@@H]1OC(=O)CC(C)C)Oc1ccccc1. The van der Waals surface area contributed by atoms with E-state index < -0.39 is 67.8 Å². The minimum Gasteiger partial charge on any atom is -0.461 e. The average Bonchev–Trinajstić information content (AvgIpc) is 3.66. The van der Waals surface area contributed by atoms with Crippen molar-refractivity contribution in [3.8, 4) is 11.8 Å². The average molecular weight is 773 g/mol. The molecule has 4 rings (SSSR count). The van der Waals surface area contributed by atoms with Crippen LogP contribution in [0.4, 0.5) is 5.82 Å². The first-order valence-electron chi connectivity index (χ1n) is 17.5. The maximum absolute atomic E-state index is 14.5. The van der Waals surface area contributed by atoms with Crippen LogP contribution >= 0.6 is 7.75 Å². The summed E-state index contributed by atoms with van der Waals surface area (Å²) in [7, 11) is -3.04. The van der Waals surface area contributed by atoms with Crippen molar-refractivity contribution >= 4 is 37.0 Å². The van der Waals surface area contributed by atoms with Crippen LogP contribution in [0.3, 0.4) is 0 Å². The van der Waals surface area contributed by atoms with Gasteiger partial charge in [0.15, 0.2) is 18.0 Å². The topological polar surface area (TPSA) is 225 Å². The Hall–Kier alpha value is -4.59. The summed E-state index contributed by atoms with van der Waals surface area (Å²) in [6.45, 7) is 11.4. The van der Waals surface area contributed by atoms with E-state index >= 15 is 0 Å². The summed E-state index contributed by atoms with van der Waals surface area (Å²) in [6.07, 6.45) is -3.33. The fraction of sp³-hybridized carbons (Fsp3) is 0.556. The Morgan fingerprint density at radius 2 is 1.70 bits per heavy atom. The van der Waals surface area contributed by atoms with E-state index in [0.717, 1.165) is 0 Å². The summed E-state index contributed by atoms with van der Waals surface area (Å²) >= 11 is 0. The minimum atomic E-state index is -4.52. The summed E-state index contributed by atoms with van der Waals surface area (Å²) in [5.74, 6) is -2.16. The molecule has 0 bridgehead atoms. The van der Waals surface area contributed by atoms with Crippen molar-refractivity contribution in [2.75, 3.05) is 26.1 Å². The first-order valence-corrected chi connectivity index (χ1v) is 19.0. The second-order valence-corrected chi connectivity index (χ2v) is 16.0. The number of nitrogens with one attached hydrogen (secondary N) is 1. The number of benzene rings is 1. The number of nitrogens with zero attached hydrogens (tertiary/aromatic N) is 4. The van der Waals surface area contributed by atoms with Crippen LogP contribution < -0.4 is 15.3 Å². The highest BCUT2D eigenvalue weighted by atomic mass is 31.2. The molecule has 1 fully saturated rings. The maximum Gasteiger partial charge on any atom is 0.459 e. The van der Waals surface area contributed by atoms with Crippen LogP contribution in [0, 0.1) is 23.2 Å². The lowest BCUT2D eigenvalue weighted by Crippen LogP contribution is -2.46. The number of methoxy groups -OCH3 is 1. The summed E-state index contributed by atoms with van der Waals surface area (Å²) in [5.41, 5.74) is 3.55. The van der Waals surface area contributed by atoms with Gasteiger partial charge < -0.3 is 33.9 Å². The zero-order valence-corrected chi connectivity index (χ0v) is 32.6. The molecule has 3 aromatic rings. The fourth-order valence-corrected chi connectivity index (χ4v) is 6.96. The molecule has 1 aliphatic rings. The molecule has 0 unspecified atom stereocenters. The molecule has 18 heteroatoms. The number of esters is 3. The number of rotatable bonds is 18. The number of ether oxygens (including phenoxy) is 5. The van der Waals surface area contributed by atoms with Crippen molar-refractivity contribution in [1.82, 2.24) is 19.7 Å². The van der Waals surface area contributed by atoms with Crippen LogP contribution in [0.1, 0.15) is 67.0 Å². The number of nitrogen functional groups attached to an aromatic ring is 1. The molecular weight excluding hydrogens is 723 g/mol. The minimum absolute atomic E-state index is 0.0230. The number of carbonyl (C=O) groups is 3. The molecule has 0 saturated carbocycles. The van der Waals surface area contributed by atoms with Crippen molar-refractivity contribution in [3.05, 3.63) is 54.5 Å². The van der Waals surface area contributed by atoms with Crippen molar-refractivity contribution in [1.29, 1.82) is 5.26 Å². The molecule has 0 aliphatic carbocycles. The van der Waals surface area contributed by atoms with E-state index in [1.807, 2.05) is 27.7 Å². The standard InChI is InChI=1S/C36H49N6O11P/c1-22(2)16-29(43)50-31-27(18-49-54(46,53-25-12-10-9-11-13-25)41-24(5)34(45)48-20-35(6,7)47-8)52-36(19-37,32(31)51-30(44)17-23(3)4)28-15-14-26-33(38)39-21-40-42(26)28/h9-15,21-24,27,31-32H,16-18,20H2,1-8H3,(H,41,46)(H2,38,39,40)/t24-,27+,31+,32+,36-,54-/m0/s1. The maximum atomic E-state index is 14.5. The molecule has 6 atom stereocenters. The van der Waals surface area contributed by atoms with Gasteiger partial charge in [0.1, 0.15) is 42.4 Å². The van der Waals surface area contributed by atoms with Crippen LogP contribution in [0.2, 0.25) is 0 Å². The first-order chi connectivity index (χ1) is 25.4. The molecule has 0 spiro atoms. The van der Waals surface area contributed by atoms with Crippen LogP contribution in [0.15, 0.2) is 48.8 Å². The van der Waals surface area contributed by atoms with E-state index in [2.05, 4.69) is 21.2 Å². The van der Waals surface area contributed by atoms with Gasteiger partial charge in [-0.3, -0.25) is 18.9 Å². The van der Waals surface area contributed by atoms with Gasteiger partial charge in [0, 0.05) is 20.0 Å². The monoisotopic (exact) mass is 772 g/mol. The van der Waals surface area contributed by atoms with Gasteiger partial charge in [-0.15, -0.1) is 0 Å². The lowest BCUT2D eigenvalue weighted by molar-refractivity contribution is -0.170. The number of anilines is 1. The molecule has 1 aliphatic heterocycles. The third-order valence-electron chi connectivity index (χ3n) is 8.30. The van der Waals surface area contributed by atoms with Crippen molar-refractivity contribution in [2.45, 2.75) is 96.9 Å². The molecule has 0 amide bonds. The van der Waals surface area contributed by atoms with Crippen LogP contribution in [0.5, 0.6) is 5.75 Å². The Morgan fingerprint density at radius 3 is 2.31 bits per heavy atom. The van der Waals surface area contributed by atoms with Gasteiger partial charge in [-0.05, 0) is 56.9 Å². The first kappa shape index (κ1) is 42.2. The number of nitrogens with two attached hydrogens (primary N) is 1. The van der Waals surface area contributed by atoms with Gasteiger partial charge in [-0.1, -0.05) is 45.9 Å². The molecule has 1 aromatic carbocycles. The number of hydrogen-bond donors (Lipinski definition) is 2. The van der Waals surface area contributed by atoms with Gasteiger partial charge in [-0.25, -0.2) is 14.1 Å². The van der Waals surface area contributed by atoms with Crippen LogP contribution in [-0.2, 0) is 52.8 Å². The van der Waals surface area contributed by atoms with Gasteiger partial charge >= 0.3 is 25.7 Å². The molecular formula is C36H49N6O11P. The molecule has 3 heterocycles. The highest BCUT2D eigenvalue weighted by Gasteiger charge is 2.63. The normalized spacial score (nSPS) is 21.7. The Balaban J connectivity index is 1.76. The molecule has 294 valence electrons. The Morgan fingerprint density at radius 1 is 1.06 bits per heavy atom. The van der Waals surface area contributed by atoms with Gasteiger partial charge in [-0.2, -0.15) is 15.4 Å². The predicted octanol–water partition coefficient (Wildman–Crippen LogP) is 4.49. The largest absolute Gasteiger partial charge is 0.461 e. The zero-order valence-electron chi connectivity index (χ0n) is 31.7. The van der Waals surface area contributed by atoms with Crippen LogP contribution in [0.25, 0.3) is 5.52 Å². The molecule has 54 heavy (non-hydrogen) atoms. The van der Waals surface area contributed by atoms with Gasteiger partial charge in [0.05, 0.1) is 17.9 Å². The van der Waals surface area contributed by atoms with E-state index in [9.17, 15) is 24.2 Å². The third-order valence-corrected chi connectivity index (χ3v) is 9.95. The van der Waals surface area contributed by atoms with Crippen molar-refractivity contribution in [3.63, 3.8) is 0 Å². The number of carbonyl (C=O) groups excluding carboxylic acids is 3. The van der Waals surface area contributed by atoms with E-state index in [-0.39, 0.29) is 48.5 Å². The second kappa shape index (κ2) is 17.7. The summed E-state index contributed by atoms with van der Waals surface area (Å²) < 4.78 is 56.6. The number of hydrogen-bond acceptors (Lipinski definition) is 15. The molecule has 17 nitrogen and oxygen atoms in total. The second-order valence-electron chi connectivity index (χ2n) is 14.3. The number of fused-ring (bicyclic) bond motifs is 1. The lowest BCUT2D eigenvalue weighted by atomic mass is 9.92. The van der Waals surface area contributed by atoms with E-state index in [1.165, 1.54) is 43.1 Å². The molecule has 0 radical (unpaired) electrons.